The molecule has 0 bridgehead atoms. The highest BCUT2D eigenvalue weighted by Gasteiger charge is 2.30. The molecule has 1 saturated heterocycles. The fraction of sp³-hybridized carbons (Fsp3) is 0.500. The summed E-state index contributed by atoms with van der Waals surface area (Å²) in [5.74, 6) is 0.721. The van der Waals surface area contributed by atoms with Gasteiger partial charge in [-0.25, -0.2) is 9.97 Å². The van der Waals surface area contributed by atoms with Crippen LogP contribution in [0, 0.1) is 10.1 Å². The number of aromatic nitrogens is 3. The van der Waals surface area contributed by atoms with E-state index >= 15 is 0 Å². The van der Waals surface area contributed by atoms with Gasteiger partial charge in [0.2, 0.25) is 11.8 Å². The molecule has 1 unspecified atom stereocenters. The van der Waals surface area contributed by atoms with Crippen molar-refractivity contribution in [1.82, 2.24) is 15.0 Å². The Hall–Kier alpha value is -2.72. The minimum atomic E-state index is -0.594. The van der Waals surface area contributed by atoms with Gasteiger partial charge in [0.15, 0.2) is 5.15 Å². The number of halogens is 1. The third-order valence-electron chi connectivity index (χ3n) is 5.51. The Bertz CT molecular complexity index is 921. The van der Waals surface area contributed by atoms with Gasteiger partial charge >= 0.3 is 5.69 Å². The Balaban J connectivity index is 1.70. The van der Waals surface area contributed by atoms with Gasteiger partial charge < -0.3 is 16.4 Å². The van der Waals surface area contributed by atoms with E-state index in [4.69, 9.17) is 23.1 Å². The van der Waals surface area contributed by atoms with Crippen LogP contribution in [-0.2, 0) is 0 Å². The summed E-state index contributed by atoms with van der Waals surface area (Å²) in [5.41, 5.74) is 12.3. The first kappa shape index (κ1) is 19.6. The summed E-state index contributed by atoms with van der Waals surface area (Å²) in [6.45, 7) is 1.59. The number of nitrogens with zero attached hydrogens (tertiary/aromatic N) is 6. The Morgan fingerprint density at radius 1 is 1.24 bits per heavy atom. The topological polar surface area (TPSA) is 140 Å². The van der Waals surface area contributed by atoms with Crippen LogP contribution in [0.5, 0.6) is 0 Å². The summed E-state index contributed by atoms with van der Waals surface area (Å²) < 4.78 is 0. The minimum absolute atomic E-state index is 0.130. The molecule has 2 aromatic rings. The van der Waals surface area contributed by atoms with Crippen LogP contribution in [0.2, 0.25) is 5.15 Å². The van der Waals surface area contributed by atoms with Gasteiger partial charge in [-0.15, -0.1) is 0 Å². The number of hydrogen-bond donors (Lipinski definition) is 2. The lowest BCUT2D eigenvalue weighted by molar-refractivity contribution is -0.384. The first-order valence-corrected chi connectivity index (χ1v) is 10.0. The Labute approximate surface area is 173 Å². The standard InChI is InChI=1S/C18H23ClN8O2/c19-16-13(25-8-7-11(20)10-25)5-6-15(23-16)26(12-3-1-2-4-12)18-22-9-14(27(28)29)17(21)24-18/h5-6,9,11-12H,1-4,7-8,10,20H2,(H2,21,22,24). The Morgan fingerprint density at radius 2 is 2.00 bits per heavy atom. The fourth-order valence-corrected chi connectivity index (χ4v) is 4.31. The molecule has 4 rings (SSSR count). The van der Waals surface area contributed by atoms with Crippen molar-refractivity contribution in [2.24, 2.45) is 5.73 Å². The van der Waals surface area contributed by atoms with E-state index in [-0.39, 0.29) is 23.6 Å². The maximum Gasteiger partial charge on any atom is 0.329 e. The van der Waals surface area contributed by atoms with Crippen LogP contribution in [-0.4, -0.2) is 45.0 Å². The molecule has 1 aliphatic heterocycles. The molecule has 0 spiro atoms. The van der Waals surface area contributed by atoms with Gasteiger partial charge in [0, 0.05) is 25.2 Å². The molecule has 0 radical (unpaired) electrons. The number of nitrogen functional groups attached to an aromatic ring is 1. The van der Waals surface area contributed by atoms with Gasteiger partial charge in [0.25, 0.3) is 0 Å². The van der Waals surface area contributed by atoms with Crippen molar-refractivity contribution < 1.29 is 4.92 Å². The van der Waals surface area contributed by atoms with Crippen LogP contribution >= 0.6 is 11.6 Å². The van der Waals surface area contributed by atoms with Crippen molar-refractivity contribution in [2.75, 3.05) is 28.6 Å². The normalized spacial score (nSPS) is 19.7. The number of rotatable bonds is 5. The molecule has 10 nitrogen and oxygen atoms in total. The molecule has 4 N–H and O–H groups in total. The largest absolute Gasteiger partial charge is 0.378 e. The van der Waals surface area contributed by atoms with E-state index in [1.165, 1.54) is 0 Å². The minimum Gasteiger partial charge on any atom is -0.378 e. The average molecular weight is 419 g/mol. The van der Waals surface area contributed by atoms with E-state index in [1.807, 2.05) is 17.0 Å². The lowest BCUT2D eigenvalue weighted by Gasteiger charge is -2.29. The highest BCUT2D eigenvalue weighted by atomic mass is 35.5. The quantitative estimate of drug-likeness (QED) is 0.425. The monoisotopic (exact) mass is 418 g/mol. The second-order valence-corrected chi connectivity index (χ2v) is 7.84. The molecule has 11 heteroatoms. The van der Waals surface area contributed by atoms with Crippen molar-refractivity contribution in [1.29, 1.82) is 0 Å². The van der Waals surface area contributed by atoms with E-state index in [9.17, 15) is 10.1 Å². The lowest BCUT2D eigenvalue weighted by atomic mass is 10.2. The molecule has 154 valence electrons. The molecule has 3 heterocycles. The van der Waals surface area contributed by atoms with Crippen molar-refractivity contribution in [2.45, 2.75) is 44.2 Å². The first-order chi connectivity index (χ1) is 13.9. The molecule has 1 aliphatic carbocycles. The van der Waals surface area contributed by atoms with E-state index < -0.39 is 4.92 Å². The molecule has 2 aliphatic rings. The van der Waals surface area contributed by atoms with Gasteiger partial charge in [-0.2, -0.15) is 4.98 Å². The van der Waals surface area contributed by atoms with Gasteiger partial charge in [-0.1, -0.05) is 24.4 Å². The molecular formula is C18H23ClN8O2. The van der Waals surface area contributed by atoms with E-state index in [1.54, 1.807) is 0 Å². The van der Waals surface area contributed by atoms with Gasteiger partial charge in [0.05, 0.1) is 10.6 Å². The Kier molecular flexibility index (Phi) is 5.37. The van der Waals surface area contributed by atoms with Crippen molar-refractivity contribution in [3.05, 3.63) is 33.6 Å². The zero-order valence-corrected chi connectivity index (χ0v) is 16.6. The van der Waals surface area contributed by atoms with Crippen LogP contribution in [0.25, 0.3) is 0 Å². The molecule has 1 atom stereocenters. The van der Waals surface area contributed by atoms with Crippen molar-refractivity contribution >= 4 is 40.6 Å². The third kappa shape index (κ3) is 3.90. The molecule has 0 aromatic carbocycles. The Morgan fingerprint density at radius 3 is 2.59 bits per heavy atom. The van der Waals surface area contributed by atoms with E-state index in [0.717, 1.165) is 57.1 Å². The highest BCUT2D eigenvalue weighted by Crippen LogP contribution is 2.36. The number of anilines is 4. The first-order valence-electron chi connectivity index (χ1n) is 9.67. The summed E-state index contributed by atoms with van der Waals surface area (Å²) in [4.78, 5) is 27.5. The maximum atomic E-state index is 11.0. The zero-order chi connectivity index (χ0) is 20.5. The van der Waals surface area contributed by atoms with Gasteiger partial charge in [-0.05, 0) is 31.4 Å². The summed E-state index contributed by atoms with van der Waals surface area (Å²) in [6, 6.07) is 4.08. The van der Waals surface area contributed by atoms with Crippen molar-refractivity contribution in [3.63, 3.8) is 0 Å². The second-order valence-electron chi connectivity index (χ2n) is 7.48. The summed E-state index contributed by atoms with van der Waals surface area (Å²) in [6.07, 6.45) is 6.12. The summed E-state index contributed by atoms with van der Waals surface area (Å²) >= 11 is 6.52. The predicted molar refractivity (Wildman–Crippen MR) is 112 cm³/mol. The SMILES string of the molecule is Nc1nc(N(c2ccc(N3CCC(N)C3)c(Cl)n2)C2CCCC2)ncc1[N+](=O)[O-]. The second kappa shape index (κ2) is 7.96. The molecular weight excluding hydrogens is 396 g/mol. The molecule has 29 heavy (non-hydrogen) atoms. The predicted octanol–water partition coefficient (Wildman–Crippen LogP) is 2.63. The van der Waals surface area contributed by atoms with Gasteiger partial charge in [-0.3, -0.25) is 15.0 Å². The van der Waals surface area contributed by atoms with Gasteiger partial charge in [0.1, 0.15) is 12.0 Å². The molecule has 0 amide bonds. The van der Waals surface area contributed by atoms with Crippen LogP contribution in [0.1, 0.15) is 32.1 Å². The number of nitrogens with two attached hydrogens (primary N) is 2. The number of pyridine rings is 1. The highest BCUT2D eigenvalue weighted by molar-refractivity contribution is 6.32. The number of hydrogen-bond acceptors (Lipinski definition) is 9. The summed E-state index contributed by atoms with van der Waals surface area (Å²) in [7, 11) is 0. The maximum absolute atomic E-state index is 11.0. The van der Waals surface area contributed by atoms with Crippen LogP contribution < -0.4 is 21.3 Å². The smallest absolute Gasteiger partial charge is 0.329 e. The molecule has 1 saturated carbocycles. The zero-order valence-electron chi connectivity index (χ0n) is 15.9. The van der Waals surface area contributed by atoms with E-state index in [0.29, 0.717) is 16.9 Å². The fourth-order valence-electron chi connectivity index (χ4n) is 4.04. The third-order valence-corrected chi connectivity index (χ3v) is 5.79. The lowest BCUT2D eigenvalue weighted by Crippen LogP contribution is -2.31. The number of nitro groups is 1. The van der Waals surface area contributed by atoms with Crippen LogP contribution in [0.15, 0.2) is 18.3 Å². The molecule has 2 aromatic heterocycles. The van der Waals surface area contributed by atoms with Crippen LogP contribution in [0.3, 0.4) is 0 Å². The van der Waals surface area contributed by atoms with Crippen molar-refractivity contribution in [3.8, 4) is 0 Å². The average Bonchev–Trinajstić information content (AvgIpc) is 3.34. The van der Waals surface area contributed by atoms with Crippen LogP contribution in [0.4, 0.5) is 29.0 Å². The van der Waals surface area contributed by atoms with E-state index in [2.05, 4.69) is 19.9 Å². The summed E-state index contributed by atoms with van der Waals surface area (Å²) in [5, 5.41) is 11.4. The molecule has 2 fully saturated rings.